The SMILES string of the molecule is Cc1cccc(-c2ncn(-c3ccccc3)c2C)c1C. The van der Waals surface area contributed by atoms with Gasteiger partial charge in [-0.2, -0.15) is 0 Å². The van der Waals surface area contributed by atoms with Gasteiger partial charge in [0.05, 0.1) is 5.69 Å². The van der Waals surface area contributed by atoms with E-state index in [0.29, 0.717) is 0 Å². The van der Waals surface area contributed by atoms with Gasteiger partial charge in [-0.25, -0.2) is 4.98 Å². The van der Waals surface area contributed by atoms with Crippen LogP contribution in [0.1, 0.15) is 16.8 Å². The van der Waals surface area contributed by atoms with Gasteiger partial charge in [-0.1, -0.05) is 36.4 Å². The number of aryl methyl sites for hydroxylation is 1. The molecule has 0 aliphatic carbocycles. The quantitative estimate of drug-likeness (QED) is 0.666. The molecule has 100 valence electrons. The van der Waals surface area contributed by atoms with Crippen molar-refractivity contribution < 1.29 is 0 Å². The monoisotopic (exact) mass is 262 g/mol. The zero-order valence-electron chi connectivity index (χ0n) is 12.1. The summed E-state index contributed by atoms with van der Waals surface area (Å²) < 4.78 is 2.14. The fourth-order valence-electron chi connectivity index (χ4n) is 2.53. The van der Waals surface area contributed by atoms with E-state index in [-0.39, 0.29) is 0 Å². The number of rotatable bonds is 2. The van der Waals surface area contributed by atoms with Crippen LogP contribution in [-0.2, 0) is 0 Å². The molecule has 0 atom stereocenters. The lowest BCUT2D eigenvalue weighted by molar-refractivity contribution is 1.01. The predicted molar refractivity (Wildman–Crippen MR) is 83.2 cm³/mol. The molecule has 2 aromatic carbocycles. The maximum absolute atomic E-state index is 4.63. The smallest absolute Gasteiger partial charge is 0.100 e. The summed E-state index contributed by atoms with van der Waals surface area (Å²) in [5.74, 6) is 0. The molecule has 0 amide bonds. The lowest BCUT2D eigenvalue weighted by atomic mass is 10.00. The van der Waals surface area contributed by atoms with Crippen molar-refractivity contribution in [2.45, 2.75) is 20.8 Å². The Morgan fingerprint density at radius 3 is 2.35 bits per heavy atom. The Hall–Kier alpha value is -2.35. The van der Waals surface area contributed by atoms with Gasteiger partial charge in [0, 0.05) is 16.9 Å². The van der Waals surface area contributed by atoms with E-state index >= 15 is 0 Å². The second-order valence-corrected chi connectivity index (χ2v) is 5.13. The molecule has 0 unspecified atom stereocenters. The third kappa shape index (κ3) is 2.03. The van der Waals surface area contributed by atoms with Crippen LogP contribution in [0.15, 0.2) is 54.9 Å². The van der Waals surface area contributed by atoms with Gasteiger partial charge in [-0.05, 0) is 44.0 Å². The zero-order valence-corrected chi connectivity index (χ0v) is 12.1. The third-order valence-corrected chi connectivity index (χ3v) is 3.90. The molecule has 0 spiro atoms. The standard InChI is InChI=1S/C18H18N2/c1-13-8-7-11-17(14(13)2)18-15(3)20(12-19-18)16-9-5-4-6-10-16/h4-12H,1-3H3. The first-order valence-corrected chi connectivity index (χ1v) is 6.84. The largest absolute Gasteiger partial charge is 0.303 e. The number of benzene rings is 2. The summed E-state index contributed by atoms with van der Waals surface area (Å²) in [6.45, 7) is 6.42. The van der Waals surface area contributed by atoms with E-state index in [0.717, 1.165) is 11.4 Å². The van der Waals surface area contributed by atoms with E-state index in [1.54, 1.807) is 0 Å². The normalized spacial score (nSPS) is 10.8. The molecule has 0 aliphatic heterocycles. The van der Waals surface area contributed by atoms with Crippen molar-refractivity contribution in [1.82, 2.24) is 9.55 Å². The summed E-state index contributed by atoms with van der Waals surface area (Å²) in [5, 5.41) is 0. The maximum atomic E-state index is 4.63. The minimum absolute atomic E-state index is 1.06. The van der Waals surface area contributed by atoms with Crippen LogP contribution in [0.25, 0.3) is 16.9 Å². The average Bonchev–Trinajstić information content (AvgIpc) is 2.85. The molecule has 1 heterocycles. The Morgan fingerprint density at radius 2 is 1.60 bits per heavy atom. The predicted octanol–water partition coefficient (Wildman–Crippen LogP) is 4.46. The summed E-state index contributed by atoms with van der Waals surface area (Å²) in [6, 6.07) is 16.7. The second-order valence-electron chi connectivity index (χ2n) is 5.13. The number of nitrogens with zero attached hydrogens (tertiary/aromatic N) is 2. The number of imidazole rings is 1. The topological polar surface area (TPSA) is 17.8 Å². The summed E-state index contributed by atoms with van der Waals surface area (Å²) in [4.78, 5) is 4.63. The van der Waals surface area contributed by atoms with Crippen molar-refractivity contribution in [3.05, 3.63) is 71.7 Å². The molecule has 0 saturated heterocycles. The highest BCUT2D eigenvalue weighted by Crippen LogP contribution is 2.28. The minimum Gasteiger partial charge on any atom is -0.303 e. The molecule has 0 radical (unpaired) electrons. The Labute approximate surface area is 119 Å². The van der Waals surface area contributed by atoms with Crippen LogP contribution in [0.3, 0.4) is 0 Å². The molecule has 2 heteroatoms. The summed E-state index contributed by atoms with van der Waals surface area (Å²) >= 11 is 0. The van der Waals surface area contributed by atoms with Crippen molar-refractivity contribution >= 4 is 0 Å². The van der Waals surface area contributed by atoms with Crippen LogP contribution >= 0.6 is 0 Å². The van der Waals surface area contributed by atoms with Crippen molar-refractivity contribution in [3.8, 4) is 16.9 Å². The van der Waals surface area contributed by atoms with Crippen LogP contribution in [0, 0.1) is 20.8 Å². The minimum atomic E-state index is 1.06. The van der Waals surface area contributed by atoms with Gasteiger partial charge in [-0.15, -0.1) is 0 Å². The number of hydrogen-bond acceptors (Lipinski definition) is 1. The van der Waals surface area contributed by atoms with Gasteiger partial charge >= 0.3 is 0 Å². The number of aromatic nitrogens is 2. The lowest BCUT2D eigenvalue weighted by Crippen LogP contribution is -1.95. The zero-order chi connectivity index (χ0) is 14.1. The molecule has 0 N–H and O–H groups in total. The fourth-order valence-corrected chi connectivity index (χ4v) is 2.53. The lowest BCUT2D eigenvalue weighted by Gasteiger charge is -2.09. The summed E-state index contributed by atoms with van der Waals surface area (Å²) in [6.07, 6.45) is 1.90. The van der Waals surface area contributed by atoms with Crippen LogP contribution in [0.4, 0.5) is 0 Å². The number of hydrogen-bond donors (Lipinski definition) is 0. The van der Waals surface area contributed by atoms with E-state index < -0.39 is 0 Å². The highest BCUT2D eigenvalue weighted by Gasteiger charge is 2.12. The first kappa shape index (κ1) is 12.7. The molecular weight excluding hydrogens is 244 g/mol. The van der Waals surface area contributed by atoms with Crippen LogP contribution in [0.5, 0.6) is 0 Å². The van der Waals surface area contributed by atoms with Gasteiger partial charge in [0.15, 0.2) is 0 Å². The van der Waals surface area contributed by atoms with Gasteiger partial charge in [0.25, 0.3) is 0 Å². The van der Waals surface area contributed by atoms with Gasteiger partial charge in [0.1, 0.15) is 6.33 Å². The first-order chi connectivity index (χ1) is 9.68. The molecule has 20 heavy (non-hydrogen) atoms. The van der Waals surface area contributed by atoms with Crippen molar-refractivity contribution in [2.24, 2.45) is 0 Å². The maximum Gasteiger partial charge on any atom is 0.100 e. The summed E-state index contributed by atoms with van der Waals surface area (Å²) in [7, 11) is 0. The Morgan fingerprint density at radius 1 is 0.850 bits per heavy atom. The highest BCUT2D eigenvalue weighted by atomic mass is 15.1. The Bertz CT molecular complexity index is 739. The van der Waals surface area contributed by atoms with Crippen LogP contribution in [-0.4, -0.2) is 9.55 Å². The van der Waals surface area contributed by atoms with Crippen LogP contribution < -0.4 is 0 Å². The van der Waals surface area contributed by atoms with E-state index in [1.165, 1.54) is 22.4 Å². The molecule has 1 aromatic heterocycles. The number of para-hydroxylation sites is 1. The van der Waals surface area contributed by atoms with Gasteiger partial charge < -0.3 is 4.57 Å². The van der Waals surface area contributed by atoms with E-state index in [9.17, 15) is 0 Å². The van der Waals surface area contributed by atoms with Gasteiger partial charge in [-0.3, -0.25) is 0 Å². The van der Waals surface area contributed by atoms with Crippen LogP contribution in [0.2, 0.25) is 0 Å². The molecule has 3 aromatic rings. The third-order valence-electron chi connectivity index (χ3n) is 3.90. The molecule has 0 bridgehead atoms. The van der Waals surface area contributed by atoms with Crippen molar-refractivity contribution in [1.29, 1.82) is 0 Å². The summed E-state index contributed by atoms with van der Waals surface area (Å²) in [5.41, 5.74) is 7.20. The molecule has 3 rings (SSSR count). The van der Waals surface area contributed by atoms with E-state index in [2.05, 4.69) is 60.7 Å². The second kappa shape index (κ2) is 4.97. The molecule has 0 fully saturated rings. The Kier molecular flexibility index (Phi) is 3.15. The fraction of sp³-hybridized carbons (Fsp3) is 0.167. The van der Waals surface area contributed by atoms with E-state index in [4.69, 9.17) is 0 Å². The highest BCUT2D eigenvalue weighted by molar-refractivity contribution is 5.67. The van der Waals surface area contributed by atoms with Gasteiger partial charge in [0.2, 0.25) is 0 Å². The molecule has 2 nitrogen and oxygen atoms in total. The van der Waals surface area contributed by atoms with Crippen molar-refractivity contribution in [3.63, 3.8) is 0 Å². The molecule has 0 saturated carbocycles. The van der Waals surface area contributed by atoms with E-state index in [1.807, 2.05) is 24.5 Å². The first-order valence-electron chi connectivity index (χ1n) is 6.84. The molecule has 0 aliphatic rings. The Balaban J connectivity index is 2.14. The molecular formula is C18H18N2. The van der Waals surface area contributed by atoms with Crippen molar-refractivity contribution in [2.75, 3.05) is 0 Å². The average molecular weight is 262 g/mol.